The summed E-state index contributed by atoms with van der Waals surface area (Å²) in [6, 6.07) is 5.71. The van der Waals surface area contributed by atoms with E-state index in [-0.39, 0.29) is 24.3 Å². The fourth-order valence-electron chi connectivity index (χ4n) is 2.97. The molecule has 1 saturated heterocycles. The Morgan fingerprint density at radius 1 is 1.32 bits per heavy atom. The predicted octanol–water partition coefficient (Wildman–Crippen LogP) is 1.05. The molecule has 25 heavy (non-hydrogen) atoms. The lowest BCUT2D eigenvalue weighted by molar-refractivity contribution is -0.123. The van der Waals surface area contributed by atoms with Crippen molar-refractivity contribution in [2.45, 2.75) is 38.6 Å². The normalized spacial score (nSPS) is 16.9. The van der Waals surface area contributed by atoms with Crippen LogP contribution in [0.25, 0.3) is 11.1 Å². The maximum Gasteiger partial charge on any atom is 0.237 e. The van der Waals surface area contributed by atoms with Crippen LogP contribution < -0.4 is 16.0 Å². The number of carbonyl (C=O) groups is 2. The van der Waals surface area contributed by atoms with Gasteiger partial charge in [-0.3, -0.25) is 9.59 Å². The molecular weight excluding hydrogens is 320 g/mol. The number of nitrogens with zero attached hydrogens (tertiary/aromatic N) is 1. The molecule has 0 radical (unpaired) electrons. The minimum Gasteiger partial charge on any atom is -0.441 e. The van der Waals surface area contributed by atoms with E-state index < -0.39 is 0 Å². The third-order valence-corrected chi connectivity index (χ3v) is 4.35. The van der Waals surface area contributed by atoms with Crippen LogP contribution in [0.1, 0.15) is 30.7 Å². The Morgan fingerprint density at radius 3 is 2.96 bits per heavy atom. The topological polar surface area (TPSA) is 96.3 Å². The lowest BCUT2D eigenvalue weighted by Crippen LogP contribution is -2.41. The van der Waals surface area contributed by atoms with E-state index in [2.05, 4.69) is 20.9 Å². The van der Waals surface area contributed by atoms with Crippen molar-refractivity contribution in [2.24, 2.45) is 0 Å². The van der Waals surface area contributed by atoms with Crippen LogP contribution >= 0.6 is 0 Å². The van der Waals surface area contributed by atoms with Crippen molar-refractivity contribution in [3.8, 4) is 0 Å². The fraction of sp³-hybridized carbons (Fsp3) is 0.500. The maximum atomic E-state index is 11.8. The van der Waals surface area contributed by atoms with Crippen LogP contribution in [0, 0.1) is 6.92 Å². The van der Waals surface area contributed by atoms with E-state index in [1.807, 2.05) is 25.1 Å². The smallest absolute Gasteiger partial charge is 0.237 e. The number of carbonyl (C=O) groups excluding carboxylic acids is 2. The Hall–Kier alpha value is -2.41. The molecule has 7 heteroatoms. The Balaban J connectivity index is 1.35. The molecule has 134 valence electrons. The Kier molecular flexibility index (Phi) is 5.65. The number of hydrogen-bond acceptors (Lipinski definition) is 5. The first-order valence-corrected chi connectivity index (χ1v) is 8.76. The Morgan fingerprint density at radius 2 is 2.20 bits per heavy atom. The van der Waals surface area contributed by atoms with Gasteiger partial charge in [0.2, 0.25) is 11.8 Å². The summed E-state index contributed by atoms with van der Waals surface area (Å²) in [4.78, 5) is 28.1. The second-order valence-electron chi connectivity index (χ2n) is 6.32. The molecular formula is C18H24N4O3. The van der Waals surface area contributed by atoms with Crippen LogP contribution in [0.2, 0.25) is 0 Å². The fourth-order valence-corrected chi connectivity index (χ4v) is 2.97. The van der Waals surface area contributed by atoms with E-state index in [9.17, 15) is 9.59 Å². The second-order valence-corrected chi connectivity index (χ2v) is 6.32. The van der Waals surface area contributed by atoms with E-state index in [0.717, 1.165) is 36.0 Å². The zero-order chi connectivity index (χ0) is 17.6. The van der Waals surface area contributed by atoms with Crippen LogP contribution in [0.15, 0.2) is 22.6 Å². The van der Waals surface area contributed by atoms with Gasteiger partial charge in [-0.1, -0.05) is 12.1 Å². The number of benzene rings is 1. The van der Waals surface area contributed by atoms with E-state index in [1.54, 1.807) is 0 Å². The van der Waals surface area contributed by atoms with Gasteiger partial charge in [0.15, 0.2) is 11.5 Å². The molecule has 1 aliphatic heterocycles. The minimum atomic E-state index is -0.106. The lowest BCUT2D eigenvalue weighted by atomic mass is 10.2. The molecule has 0 saturated carbocycles. The predicted molar refractivity (Wildman–Crippen MR) is 94.1 cm³/mol. The minimum absolute atomic E-state index is 0.0212. The van der Waals surface area contributed by atoms with E-state index in [1.165, 1.54) is 0 Å². The molecule has 3 N–H and O–H groups in total. The van der Waals surface area contributed by atoms with Gasteiger partial charge in [-0.2, -0.15) is 0 Å². The standard InChI is InChI=1S/C18H24N4O3/c1-12-4-2-6-14-17(12)22-16(25-14)8-11-20-15(23)7-10-21-18(24)13-5-3-9-19-13/h2,4,6,13,19H,3,5,7-11H2,1H3,(H,20,23)(H,21,24). The van der Waals surface area contributed by atoms with Crippen molar-refractivity contribution in [1.82, 2.24) is 20.9 Å². The van der Waals surface area contributed by atoms with Crippen molar-refractivity contribution in [3.05, 3.63) is 29.7 Å². The zero-order valence-corrected chi connectivity index (χ0v) is 14.4. The molecule has 1 aromatic heterocycles. The largest absolute Gasteiger partial charge is 0.441 e. The highest BCUT2D eigenvalue weighted by Crippen LogP contribution is 2.18. The van der Waals surface area contributed by atoms with Crippen LogP contribution in [-0.2, 0) is 16.0 Å². The van der Waals surface area contributed by atoms with Gasteiger partial charge in [0.05, 0.1) is 6.04 Å². The molecule has 1 aliphatic rings. The highest BCUT2D eigenvalue weighted by Gasteiger charge is 2.21. The highest BCUT2D eigenvalue weighted by molar-refractivity contribution is 5.83. The molecule has 1 aromatic carbocycles. The van der Waals surface area contributed by atoms with Gasteiger partial charge in [-0.05, 0) is 37.9 Å². The van der Waals surface area contributed by atoms with Crippen LogP contribution in [0.5, 0.6) is 0 Å². The number of amides is 2. The number of nitrogens with one attached hydrogen (secondary N) is 3. The van der Waals surface area contributed by atoms with Gasteiger partial charge in [-0.25, -0.2) is 4.98 Å². The number of oxazole rings is 1. The van der Waals surface area contributed by atoms with E-state index in [4.69, 9.17) is 4.42 Å². The molecule has 3 rings (SSSR count). The number of aryl methyl sites for hydroxylation is 1. The molecule has 2 aromatic rings. The van der Waals surface area contributed by atoms with Gasteiger partial charge in [-0.15, -0.1) is 0 Å². The van der Waals surface area contributed by atoms with Crippen LogP contribution in [0.3, 0.4) is 0 Å². The van der Waals surface area contributed by atoms with Crippen molar-refractivity contribution in [2.75, 3.05) is 19.6 Å². The molecule has 0 spiro atoms. The van der Waals surface area contributed by atoms with Crippen molar-refractivity contribution in [3.63, 3.8) is 0 Å². The van der Waals surface area contributed by atoms with Crippen molar-refractivity contribution in [1.29, 1.82) is 0 Å². The molecule has 1 fully saturated rings. The van der Waals surface area contributed by atoms with Gasteiger partial charge < -0.3 is 20.4 Å². The van der Waals surface area contributed by atoms with Gasteiger partial charge >= 0.3 is 0 Å². The summed E-state index contributed by atoms with van der Waals surface area (Å²) in [7, 11) is 0. The molecule has 7 nitrogen and oxygen atoms in total. The van der Waals surface area contributed by atoms with Crippen LogP contribution in [0.4, 0.5) is 0 Å². The summed E-state index contributed by atoms with van der Waals surface area (Å²) in [6.07, 6.45) is 2.69. The van der Waals surface area contributed by atoms with Gasteiger partial charge in [0.25, 0.3) is 0 Å². The number of rotatable bonds is 7. The van der Waals surface area contributed by atoms with E-state index in [0.29, 0.717) is 25.4 Å². The molecule has 2 heterocycles. The Labute approximate surface area is 146 Å². The maximum absolute atomic E-state index is 11.8. The summed E-state index contributed by atoms with van der Waals surface area (Å²) in [6.45, 7) is 3.69. The molecule has 1 atom stereocenters. The first kappa shape index (κ1) is 17.4. The number of fused-ring (bicyclic) bond motifs is 1. The Bertz CT molecular complexity index is 750. The number of hydrogen-bond donors (Lipinski definition) is 3. The molecule has 0 bridgehead atoms. The monoisotopic (exact) mass is 344 g/mol. The molecule has 0 aliphatic carbocycles. The average Bonchev–Trinajstić information content (AvgIpc) is 3.25. The summed E-state index contributed by atoms with van der Waals surface area (Å²) in [5, 5.41) is 8.75. The second kappa shape index (κ2) is 8.11. The highest BCUT2D eigenvalue weighted by atomic mass is 16.3. The number of aromatic nitrogens is 1. The summed E-state index contributed by atoms with van der Waals surface area (Å²) >= 11 is 0. The van der Waals surface area contributed by atoms with Crippen molar-refractivity contribution >= 4 is 22.9 Å². The average molecular weight is 344 g/mol. The van der Waals surface area contributed by atoms with Crippen LogP contribution in [-0.4, -0.2) is 42.5 Å². The molecule has 1 unspecified atom stereocenters. The van der Waals surface area contributed by atoms with Gasteiger partial charge in [0.1, 0.15) is 5.52 Å². The lowest BCUT2D eigenvalue weighted by Gasteiger charge is -2.10. The SMILES string of the molecule is Cc1cccc2oc(CCNC(=O)CCNC(=O)C3CCCN3)nc12. The van der Waals surface area contributed by atoms with Crippen molar-refractivity contribution < 1.29 is 14.0 Å². The van der Waals surface area contributed by atoms with E-state index >= 15 is 0 Å². The summed E-state index contributed by atoms with van der Waals surface area (Å²) < 4.78 is 5.67. The first-order valence-electron chi connectivity index (χ1n) is 8.76. The molecule has 2 amide bonds. The summed E-state index contributed by atoms with van der Waals surface area (Å²) in [5.41, 5.74) is 2.71. The van der Waals surface area contributed by atoms with Gasteiger partial charge in [0, 0.05) is 25.9 Å². The third-order valence-electron chi connectivity index (χ3n) is 4.35. The first-order chi connectivity index (χ1) is 12.1. The zero-order valence-electron chi connectivity index (χ0n) is 14.4. The summed E-state index contributed by atoms with van der Waals surface area (Å²) in [5.74, 6) is 0.504. The quantitative estimate of drug-likeness (QED) is 0.698. The number of para-hydroxylation sites is 1. The third kappa shape index (κ3) is 4.57.